The van der Waals surface area contributed by atoms with E-state index < -0.39 is 5.03 Å². The summed E-state index contributed by atoms with van der Waals surface area (Å²) in [5.74, 6) is 0. The Morgan fingerprint density at radius 1 is 1.89 bits per heavy atom. The van der Waals surface area contributed by atoms with E-state index in [2.05, 4.69) is 0 Å². The molecule has 0 spiro atoms. The molecule has 5 nitrogen and oxygen atoms in total. The third-order valence-corrected chi connectivity index (χ3v) is 1.38. The van der Waals surface area contributed by atoms with Crippen LogP contribution in [0.4, 0.5) is 0 Å². The second kappa shape index (κ2) is 3.29. The Hall–Kier alpha value is -0.780. The Kier molecular flexibility index (Phi) is 3.00. The van der Waals surface area contributed by atoms with Gasteiger partial charge in [0.25, 0.3) is 0 Å². The maximum Gasteiger partial charge on any atom is 0.220 e. The first-order valence-corrected chi connectivity index (χ1v) is 3.32. The molecule has 0 amide bonds. The highest BCUT2D eigenvalue weighted by Gasteiger charge is 2.11. The predicted molar refractivity (Wildman–Crippen MR) is 36.0 cm³/mol. The first-order valence-electron chi connectivity index (χ1n) is 2.10. The van der Waals surface area contributed by atoms with Crippen molar-refractivity contribution in [2.75, 3.05) is 13.3 Å². The molecule has 1 N–H and O–H groups in total. The van der Waals surface area contributed by atoms with Gasteiger partial charge in [0.05, 0.1) is 7.05 Å². The second-order valence-corrected chi connectivity index (χ2v) is 2.07. The fraction of sp³-hybridized carbons (Fsp3) is 0.667. The van der Waals surface area contributed by atoms with Crippen LogP contribution < -0.4 is 0 Å². The Labute approximate surface area is 56.7 Å². The number of rotatable bonds is 1. The number of thioether (sulfide) groups is 1. The molecular weight excluding hydrogens is 142 g/mol. The minimum atomic E-state index is -0.640. The van der Waals surface area contributed by atoms with Gasteiger partial charge in [0, 0.05) is 0 Å². The van der Waals surface area contributed by atoms with Crippen LogP contribution in [0, 0.1) is 15.5 Å². The molecule has 0 saturated carbocycles. The van der Waals surface area contributed by atoms with Crippen LogP contribution in [0.3, 0.4) is 0 Å². The molecule has 0 radical (unpaired) electrons. The van der Waals surface area contributed by atoms with Gasteiger partial charge in [0.15, 0.2) is 5.03 Å². The Balaban J connectivity index is 3.88. The SMILES string of the molecule is CSC(=N)N(C)[N+](=O)[O-]. The number of hydrogen-bond acceptors (Lipinski definition) is 4. The van der Waals surface area contributed by atoms with Crippen molar-refractivity contribution >= 4 is 16.9 Å². The average molecular weight is 149 g/mol. The number of nitrogens with zero attached hydrogens (tertiary/aromatic N) is 2. The van der Waals surface area contributed by atoms with Crippen molar-refractivity contribution < 1.29 is 5.03 Å². The maximum atomic E-state index is 9.88. The van der Waals surface area contributed by atoms with Crippen molar-refractivity contribution in [2.45, 2.75) is 0 Å². The molecule has 0 saturated heterocycles. The van der Waals surface area contributed by atoms with Gasteiger partial charge in [-0.3, -0.25) is 5.41 Å². The lowest BCUT2D eigenvalue weighted by Gasteiger charge is -2.04. The quantitative estimate of drug-likeness (QED) is 0.253. The molecule has 0 aliphatic carbocycles. The molecular formula is C3H7N3O2S. The molecule has 6 heteroatoms. The number of nitro groups is 1. The summed E-state index contributed by atoms with van der Waals surface area (Å²) < 4.78 is 0. The summed E-state index contributed by atoms with van der Waals surface area (Å²) in [6.45, 7) is 0. The molecule has 0 unspecified atom stereocenters. The molecule has 0 aliphatic heterocycles. The summed E-state index contributed by atoms with van der Waals surface area (Å²) in [5.41, 5.74) is 0. The van der Waals surface area contributed by atoms with Crippen LogP contribution in [0.1, 0.15) is 0 Å². The van der Waals surface area contributed by atoms with Crippen LogP contribution in [0.15, 0.2) is 0 Å². The fourth-order valence-corrected chi connectivity index (χ4v) is 0.537. The van der Waals surface area contributed by atoms with E-state index in [4.69, 9.17) is 5.41 Å². The third kappa shape index (κ3) is 2.31. The molecule has 0 aromatic heterocycles. The lowest BCUT2D eigenvalue weighted by Crippen LogP contribution is -2.29. The van der Waals surface area contributed by atoms with Crippen molar-refractivity contribution in [1.29, 1.82) is 5.41 Å². The van der Waals surface area contributed by atoms with Crippen LogP contribution in [0.2, 0.25) is 0 Å². The van der Waals surface area contributed by atoms with Crippen LogP contribution in [-0.4, -0.2) is 28.5 Å². The molecule has 0 heterocycles. The Bertz CT molecular complexity index is 137. The molecule has 0 rings (SSSR count). The van der Waals surface area contributed by atoms with Crippen molar-refractivity contribution in [3.05, 3.63) is 10.1 Å². The number of hydrazine groups is 1. The zero-order valence-corrected chi connectivity index (χ0v) is 5.94. The Morgan fingerprint density at radius 2 is 2.33 bits per heavy atom. The van der Waals surface area contributed by atoms with Gasteiger partial charge < -0.3 is 0 Å². The summed E-state index contributed by atoms with van der Waals surface area (Å²) in [4.78, 5) is 9.88. The smallest absolute Gasteiger partial charge is 0.220 e. The number of hydrogen-bond donors (Lipinski definition) is 1. The minimum absolute atomic E-state index is 0.0694. The van der Waals surface area contributed by atoms with Gasteiger partial charge in [-0.2, -0.15) is 0 Å². The summed E-state index contributed by atoms with van der Waals surface area (Å²) in [6.07, 6.45) is 1.61. The van der Waals surface area contributed by atoms with Gasteiger partial charge in [-0.05, 0) is 6.26 Å². The van der Waals surface area contributed by atoms with Gasteiger partial charge >= 0.3 is 0 Å². The molecule has 52 valence electrons. The van der Waals surface area contributed by atoms with Gasteiger partial charge in [0.1, 0.15) is 0 Å². The predicted octanol–water partition coefficient (Wildman–Crippen LogP) is 0.408. The topological polar surface area (TPSA) is 70.2 Å². The van der Waals surface area contributed by atoms with Gasteiger partial charge in [-0.25, -0.2) is 10.1 Å². The summed E-state index contributed by atoms with van der Waals surface area (Å²) in [7, 11) is 1.23. The number of nitrogens with one attached hydrogen (secondary N) is 1. The molecule has 0 aliphatic rings. The van der Waals surface area contributed by atoms with Crippen molar-refractivity contribution in [3.8, 4) is 0 Å². The largest absolute Gasteiger partial charge is 0.274 e. The lowest BCUT2D eigenvalue weighted by molar-refractivity contribution is -0.621. The normalized spacial score (nSPS) is 8.67. The van der Waals surface area contributed by atoms with Crippen molar-refractivity contribution in [2.24, 2.45) is 0 Å². The van der Waals surface area contributed by atoms with E-state index in [0.29, 0.717) is 5.01 Å². The van der Waals surface area contributed by atoms with Gasteiger partial charge in [0.2, 0.25) is 5.17 Å². The number of amidine groups is 1. The lowest BCUT2D eigenvalue weighted by atomic mass is 11.1. The van der Waals surface area contributed by atoms with Crippen molar-refractivity contribution in [1.82, 2.24) is 5.01 Å². The summed E-state index contributed by atoms with van der Waals surface area (Å²) >= 11 is 1.03. The van der Waals surface area contributed by atoms with Crippen LogP contribution in [0.5, 0.6) is 0 Å². The second-order valence-electron chi connectivity index (χ2n) is 1.27. The van der Waals surface area contributed by atoms with E-state index in [1.54, 1.807) is 6.26 Å². The first kappa shape index (κ1) is 8.22. The fourth-order valence-electron chi connectivity index (χ4n) is 0.206. The van der Waals surface area contributed by atoms with E-state index in [-0.39, 0.29) is 5.17 Å². The standard InChI is InChI=1S/C3H7N3O2S/c1-5(6(7)8)3(4)9-2/h4H,1-2H3. The first-order chi connectivity index (χ1) is 4.09. The molecule has 9 heavy (non-hydrogen) atoms. The van der Waals surface area contributed by atoms with Gasteiger partial charge in [-0.1, -0.05) is 16.8 Å². The third-order valence-electron chi connectivity index (χ3n) is 0.732. The van der Waals surface area contributed by atoms with Gasteiger partial charge in [-0.15, -0.1) is 0 Å². The van der Waals surface area contributed by atoms with Crippen molar-refractivity contribution in [3.63, 3.8) is 0 Å². The summed E-state index contributed by atoms with van der Waals surface area (Å²) in [6, 6.07) is 0. The zero-order chi connectivity index (χ0) is 7.44. The monoisotopic (exact) mass is 149 g/mol. The summed E-state index contributed by atoms with van der Waals surface area (Å²) in [5, 5.41) is 16.7. The molecule has 0 fully saturated rings. The highest BCUT2D eigenvalue weighted by molar-refractivity contribution is 8.13. The van der Waals surface area contributed by atoms with Crippen LogP contribution >= 0.6 is 11.8 Å². The van der Waals surface area contributed by atoms with Crippen LogP contribution in [0.25, 0.3) is 0 Å². The van der Waals surface area contributed by atoms with Crippen LogP contribution in [-0.2, 0) is 0 Å². The highest BCUT2D eigenvalue weighted by Crippen LogP contribution is 1.98. The Morgan fingerprint density at radius 3 is 2.44 bits per heavy atom. The van der Waals surface area contributed by atoms with E-state index in [0.717, 1.165) is 11.8 Å². The van der Waals surface area contributed by atoms with E-state index in [1.807, 2.05) is 0 Å². The highest BCUT2D eigenvalue weighted by atomic mass is 32.2. The minimum Gasteiger partial charge on any atom is -0.274 e. The molecule has 0 aromatic rings. The van der Waals surface area contributed by atoms with E-state index >= 15 is 0 Å². The molecule has 0 aromatic carbocycles. The zero-order valence-electron chi connectivity index (χ0n) is 5.12. The molecule has 0 bridgehead atoms. The molecule has 0 atom stereocenters. The van der Waals surface area contributed by atoms with E-state index in [1.165, 1.54) is 7.05 Å². The maximum absolute atomic E-state index is 9.88. The van der Waals surface area contributed by atoms with E-state index in [9.17, 15) is 10.1 Å². The average Bonchev–Trinajstić information content (AvgIpc) is 1.84.